The minimum Gasteiger partial charge on any atom is -0.459 e. The van der Waals surface area contributed by atoms with E-state index in [9.17, 15) is 5.11 Å². The van der Waals surface area contributed by atoms with Crippen LogP contribution in [-0.4, -0.2) is 16.2 Å². The third-order valence-electron chi connectivity index (χ3n) is 4.41. The molecule has 0 radical (unpaired) electrons. The van der Waals surface area contributed by atoms with Gasteiger partial charge in [-0.25, -0.2) is 0 Å². The molecule has 1 aromatic carbocycles. The number of aliphatic hydroxyl groups is 1. The number of ether oxygens (including phenoxy) is 1. The summed E-state index contributed by atoms with van der Waals surface area (Å²) in [4.78, 5) is 4.15. The van der Waals surface area contributed by atoms with E-state index < -0.39 is 6.10 Å². The highest BCUT2D eigenvalue weighted by Crippen LogP contribution is 2.33. The average molecular weight is 339 g/mol. The zero-order valence-corrected chi connectivity index (χ0v) is 15.5. The summed E-state index contributed by atoms with van der Waals surface area (Å²) < 4.78 is 6.06. The van der Waals surface area contributed by atoms with Crippen LogP contribution in [0.3, 0.4) is 0 Å². The summed E-state index contributed by atoms with van der Waals surface area (Å²) in [6, 6.07) is 13.4. The molecule has 1 N–H and O–H groups in total. The van der Waals surface area contributed by atoms with E-state index in [0.29, 0.717) is 5.76 Å². The number of hydrogen-bond donors (Lipinski definition) is 1. The van der Waals surface area contributed by atoms with Crippen molar-refractivity contribution in [2.75, 3.05) is 0 Å². The highest BCUT2D eigenvalue weighted by molar-refractivity contribution is 5.52. The number of unbranched alkanes of at least 4 members (excludes halogenated alkanes) is 2. The molecule has 1 atom stereocenters. The van der Waals surface area contributed by atoms with Gasteiger partial charge in [-0.3, -0.25) is 4.98 Å². The molecule has 0 aliphatic rings. The van der Waals surface area contributed by atoms with Crippen LogP contribution in [0.25, 0.3) is 6.08 Å². The normalized spacial score (nSPS) is 13.5. The number of rotatable bonds is 9. The number of aliphatic hydroxyl groups excluding tert-OH is 1. The van der Waals surface area contributed by atoms with Gasteiger partial charge in [0.05, 0.1) is 0 Å². The molecule has 3 heteroatoms. The zero-order valence-electron chi connectivity index (χ0n) is 15.5. The Morgan fingerprint density at radius 1 is 1.16 bits per heavy atom. The van der Waals surface area contributed by atoms with Gasteiger partial charge in [-0.2, -0.15) is 0 Å². The number of hydrogen-bond acceptors (Lipinski definition) is 3. The smallest absolute Gasteiger partial charge is 0.134 e. The van der Waals surface area contributed by atoms with Crippen molar-refractivity contribution in [2.45, 2.75) is 52.6 Å². The molecule has 0 fully saturated rings. The van der Waals surface area contributed by atoms with E-state index in [4.69, 9.17) is 4.74 Å². The average Bonchev–Trinajstić information content (AvgIpc) is 2.62. The highest BCUT2D eigenvalue weighted by Gasteiger charge is 2.31. The molecule has 134 valence electrons. The third-order valence-corrected chi connectivity index (χ3v) is 4.41. The van der Waals surface area contributed by atoms with Crippen LogP contribution < -0.4 is 4.74 Å². The Labute approximate surface area is 151 Å². The number of benzene rings is 1. The van der Waals surface area contributed by atoms with Gasteiger partial charge in [0.15, 0.2) is 0 Å². The zero-order chi connectivity index (χ0) is 18.1. The molecule has 1 aromatic heterocycles. The first-order valence-corrected chi connectivity index (χ1v) is 9.05. The molecular formula is C22H29NO2. The maximum Gasteiger partial charge on any atom is 0.134 e. The predicted molar refractivity (Wildman–Crippen MR) is 103 cm³/mol. The molecule has 0 spiro atoms. The van der Waals surface area contributed by atoms with Crippen LogP contribution in [0.4, 0.5) is 0 Å². The number of pyridine rings is 1. The Bertz CT molecular complexity index is 650. The van der Waals surface area contributed by atoms with Crippen molar-refractivity contribution in [3.63, 3.8) is 0 Å². The van der Waals surface area contributed by atoms with E-state index in [1.54, 1.807) is 12.4 Å². The largest absolute Gasteiger partial charge is 0.459 e. The minimum atomic E-state index is -0.690. The van der Waals surface area contributed by atoms with Crippen molar-refractivity contribution < 1.29 is 9.84 Å². The number of nitrogens with zero attached hydrogens (tertiary/aromatic N) is 1. The monoisotopic (exact) mass is 339 g/mol. The van der Waals surface area contributed by atoms with Gasteiger partial charge in [-0.05, 0) is 41.7 Å². The van der Waals surface area contributed by atoms with Crippen molar-refractivity contribution in [1.82, 2.24) is 4.98 Å². The maximum atomic E-state index is 11.0. The summed E-state index contributed by atoms with van der Waals surface area (Å²) in [5.41, 5.74) is 0.648. The molecule has 0 saturated carbocycles. The molecule has 0 saturated heterocycles. The van der Waals surface area contributed by atoms with Crippen LogP contribution in [0, 0.1) is 5.41 Å². The third kappa shape index (κ3) is 6.02. The number of aromatic nitrogens is 1. The van der Waals surface area contributed by atoms with Gasteiger partial charge in [0.1, 0.15) is 17.6 Å². The summed E-state index contributed by atoms with van der Waals surface area (Å²) in [5.74, 6) is 1.28. The summed E-state index contributed by atoms with van der Waals surface area (Å²) in [6.45, 7) is 6.38. The summed E-state index contributed by atoms with van der Waals surface area (Å²) in [7, 11) is 0. The maximum absolute atomic E-state index is 11.0. The van der Waals surface area contributed by atoms with Crippen LogP contribution in [0.5, 0.6) is 5.75 Å². The first kappa shape index (κ1) is 19.2. The van der Waals surface area contributed by atoms with Crippen LogP contribution in [0.15, 0.2) is 60.6 Å². The molecule has 0 aliphatic heterocycles. The van der Waals surface area contributed by atoms with Gasteiger partial charge in [-0.1, -0.05) is 64.3 Å². The van der Waals surface area contributed by atoms with Crippen molar-refractivity contribution in [3.05, 3.63) is 66.2 Å². The van der Waals surface area contributed by atoms with E-state index in [0.717, 1.165) is 24.2 Å². The van der Waals surface area contributed by atoms with Crippen molar-refractivity contribution in [1.29, 1.82) is 0 Å². The second-order valence-electron chi connectivity index (χ2n) is 7.10. The van der Waals surface area contributed by atoms with Crippen LogP contribution in [0.2, 0.25) is 0 Å². The van der Waals surface area contributed by atoms with Crippen LogP contribution in [0.1, 0.15) is 52.0 Å². The second-order valence-corrected chi connectivity index (χ2v) is 7.10. The number of para-hydroxylation sites is 1. The van der Waals surface area contributed by atoms with Gasteiger partial charge >= 0.3 is 0 Å². The van der Waals surface area contributed by atoms with Crippen molar-refractivity contribution >= 4 is 6.08 Å². The molecule has 0 aliphatic carbocycles. The molecule has 3 nitrogen and oxygen atoms in total. The molecule has 0 amide bonds. The fourth-order valence-corrected chi connectivity index (χ4v) is 2.77. The molecule has 25 heavy (non-hydrogen) atoms. The van der Waals surface area contributed by atoms with Gasteiger partial charge in [0.2, 0.25) is 0 Å². The topological polar surface area (TPSA) is 42.4 Å². The molecular weight excluding hydrogens is 310 g/mol. The Morgan fingerprint density at radius 3 is 2.56 bits per heavy atom. The Kier molecular flexibility index (Phi) is 7.20. The van der Waals surface area contributed by atoms with E-state index in [2.05, 4.69) is 25.8 Å². The molecule has 2 rings (SSSR count). The summed E-state index contributed by atoms with van der Waals surface area (Å²) in [5, 5.41) is 11.0. The standard InChI is InChI=1S/C22H29NO2/c1-4-5-9-14-22(2,3)21(24)20(16-18-11-10-15-23-17-18)25-19-12-7-6-8-13-19/h6-8,10-13,15-17,21,24H,4-5,9,14H2,1-3H3/b20-16+. The van der Waals surface area contributed by atoms with Crippen molar-refractivity contribution in [2.24, 2.45) is 5.41 Å². The summed E-state index contributed by atoms with van der Waals surface area (Å²) in [6.07, 6.45) is 9.10. The van der Waals surface area contributed by atoms with Crippen LogP contribution in [-0.2, 0) is 0 Å². The van der Waals surface area contributed by atoms with Gasteiger partial charge in [0, 0.05) is 12.4 Å². The molecule has 0 bridgehead atoms. The first-order chi connectivity index (χ1) is 12.0. The first-order valence-electron chi connectivity index (χ1n) is 9.05. The van der Waals surface area contributed by atoms with E-state index in [1.807, 2.05) is 48.5 Å². The second kappa shape index (κ2) is 9.38. The molecule has 1 heterocycles. The lowest BCUT2D eigenvalue weighted by Crippen LogP contribution is -2.33. The SMILES string of the molecule is CCCCCC(C)(C)C(O)/C(=C\c1cccnc1)Oc1ccccc1. The lowest BCUT2D eigenvalue weighted by Gasteiger charge is -2.32. The molecule has 1 unspecified atom stereocenters. The fourth-order valence-electron chi connectivity index (χ4n) is 2.77. The minimum absolute atomic E-state index is 0.266. The summed E-state index contributed by atoms with van der Waals surface area (Å²) >= 11 is 0. The Hall–Kier alpha value is -2.13. The lowest BCUT2D eigenvalue weighted by atomic mass is 9.80. The predicted octanol–water partition coefficient (Wildman–Crippen LogP) is 5.47. The van der Waals surface area contributed by atoms with Gasteiger partial charge < -0.3 is 9.84 Å². The van der Waals surface area contributed by atoms with E-state index >= 15 is 0 Å². The quantitative estimate of drug-likeness (QED) is 0.486. The van der Waals surface area contributed by atoms with E-state index in [-0.39, 0.29) is 5.41 Å². The Balaban J connectivity index is 2.25. The fraction of sp³-hybridized carbons (Fsp3) is 0.409. The van der Waals surface area contributed by atoms with Crippen molar-refractivity contribution in [3.8, 4) is 5.75 Å². The highest BCUT2D eigenvalue weighted by atomic mass is 16.5. The van der Waals surface area contributed by atoms with Crippen LogP contribution >= 0.6 is 0 Å². The Morgan fingerprint density at radius 2 is 1.92 bits per heavy atom. The lowest BCUT2D eigenvalue weighted by molar-refractivity contribution is 0.0446. The van der Waals surface area contributed by atoms with Gasteiger partial charge in [-0.15, -0.1) is 0 Å². The van der Waals surface area contributed by atoms with E-state index in [1.165, 1.54) is 12.8 Å². The van der Waals surface area contributed by atoms with Gasteiger partial charge in [0.25, 0.3) is 0 Å². The molecule has 2 aromatic rings.